The summed E-state index contributed by atoms with van der Waals surface area (Å²) in [5, 5.41) is 13.0. The number of carboxylic acids is 1. The molecular weight excluding hydrogens is 426 g/mol. The second-order valence-electron chi connectivity index (χ2n) is 9.98. The van der Waals surface area contributed by atoms with Crippen molar-refractivity contribution in [2.24, 2.45) is 0 Å². The van der Waals surface area contributed by atoms with Gasteiger partial charge in [-0.3, -0.25) is 4.79 Å². The van der Waals surface area contributed by atoms with Crippen LogP contribution < -0.4 is 10.2 Å². The summed E-state index contributed by atoms with van der Waals surface area (Å²) in [5.41, 5.74) is 7.45. The minimum Gasteiger partial charge on any atom is -0.481 e. The molecule has 0 unspecified atom stereocenters. The summed E-state index contributed by atoms with van der Waals surface area (Å²) in [6.45, 7) is 8.71. The molecule has 2 aliphatic rings. The van der Waals surface area contributed by atoms with Crippen LogP contribution in [-0.2, 0) is 23.2 Å². The van der Waals surface area contributed by atoms with Crippen molar-refractivity contribution < 1.29 is 9.90 Å². The van der Waals surface area contributed by atoms with E-state index in [0.29, 0.717) is 12.5 Å². The number of rotatable bonds is 5. The number of nitrogens with one attached hydrogen (secondary N) is 1. The highest BCUT2D eigenvalue weighted by molar-refractivity contribution is 5.77. The van der Waals surface area contributed by atoms with E-state index in [-0.39, 0.29) is 6.42 Å². The third-order valence-corrected chi connectivity index (χ3v) is 7.09. The maximum absolute atomic E-state index is 11.6. The van der Waals surface area contributed by atoms with Gasteiger partial charge in [0, 0.05) is 48.2 Å². The Morgan fingerprint density at radius 1 is 1.18 bits per heavy atom. The van der Waals surface area contributed by atoms with E-state index in [2.05, 4.69) is 46.2 Å². The molecule has 0 bridgehead atoms. The Hall–Kier alpha value is -3.45. The molecule has 0 fully saturated rings. The number of carbonyl (C=O) groups is 1. The van der Waals surface area contributed by atoms with Crippen LogP contribution in [0, 0.1) is 13.8 Å². The summed E-state index contributed by atoms with van der Waals surface area (Å²) in [6, 6.07) is 12.5. The van der Waals surface area contributed by atoms with E-state index in [4.69, 9.17) is 4.98 Å². The van der Waals surface area contributed by atoms with Gasteiger partial charge in [-0.2, -0.15) is 4.98 Å². The number of para-hydroxylation sites is 1. The molecule has 0 radical (unpaired) electrons. The number of likely N-dealkylation sites (N-methyl/N-ethyl adjacent to an activating group) is 1. The van der Waals surface area contributed by atoms with E-state index in [9.17, 15) is 9.90 Å². The normalized spacial score (nSPS) is 19.6. The van der Waals surface area contributed by atoms with Gasteiger partial charge < -0.3 is 20.2 Å². The smallest absolute Gasteiger partial charge is 0.304 e. The zero-order chi connectivity index (χ0) is 24.0. The van der Waals surface area contributed by atoms with E-state index < -0.39 is 11.4 Å². The van der Waals surface area contributed by atoms with Crippen LogP contribution in [0.1, 0.15) is 41.2 Å². The molecule has 2 aromatic carbocycles. The molecule has 1 atom stereocenters. The van der Waals surface area contributed by atoms with Crippen LogP contribution >= 0.6 is 0 Å². The Labute approximate surface area is 200 Å². The molecule has 3 aromatic rings. The van der Waals surface area contributed by atoms with Crippen molar-refractivity contribution in [3.05, 3.63) is 70.4 Å². The lowest BCUT2D eigenvalue weighted by Crippen LogP contribution is -2.31. The van der Waals surface area contributed by atoms with Crippen molar-refractivity contribution in [2.45, 2.75) is 45.6 Å². The number of aliphatic carboxylic acids is 1. The van der Waals surface area contributed by atoms with Crippen molar-refractivity contribution >= 4 is 29.1 Å². The molecule has 3 heterocycles. The molecule has 1 aromatic heterocycles. The highest BCUT2D eigenvalue weighted by Crippen LogP contribution is 2.46. The SMILES string of the molecule is Cc1cc2c(cc1Nc1ncc(C)c(N3C[C@@](C)(CC(=O)O)c4ccccc43)n1)CN(C)CC2. The third kappa shape index (κ3) is 4.01. The van der Waals surface area contributed by atoms with Crippen molar-refractivity contribution in [1.82, 2.24) is 14.9 Å². The van der Waals surface area contributed by atoms with Gasteiger partial charge in [0.25, 0.3) is 0 Å². The second kappa shape index (κ2) is 8.40. The molecule has 0 saturated heterocycles. The van der Waals surface area contributed by atoms with Crippen LogP contribution in [0.2, 0.25) is 0 Å². The standard InChI is InChI=1S/C27H31N5O2/c1-17-11-19-9-10-31(4)15-20(19)12-22(17)29-26-28-14-18(2)25(30-26)32-16-27(3,13-24(33)34)21-7-5-6-8-23(21)32/h5-8,11-12,14H,9-10,13,15-16H2,1-4H3,(H,33,34)(H,28,29,30)/t27-/m1/s1. The molecule has 5 rings (SSSR count). The molecule has 0 spiro atoms. The van der Waals surface area contributed by atoms with Crippen LogP contribution in [-0.4, -0.2) is 46.1 Å². The Balaban J connectivity index is 1.49. The Morgan fingerprint density at radius 3 is 2.76 bits per heavy atom. The van der Waals surface area contributed by atoms with Crippen molar-refractivity contribution in [2.75, 3.05) is 30.4 Å². The zero-order valence-electron chi connectivity index (χ0n) is 20.2. The molecule has 0 amide bonds. The number of aromatic nitrogens is 2. The fourth-order valence-corrected chi connectivity index (χ4v) is 5.31. The highest BCUT2D eigenvalue weighted by atomic mass is 16.4. The first-order valence-corrected chi connectivity index (χ1v) is 11.7. The number of aryl methyl sites for hydroxylation is 2. The van der Waals surface area contributed by atoms with Gasteiger partial charge in [-0.25, -0.2) is 4.98 Å². The molecule has 7 nitrogen and oxygen atoms in total. The van der Waals surface area contributed by atoms with E-state index in [1.807, 2.05) is 44.3 Å². The predicted octanol–water partition coefficient (Wildman–Crippen LogP) is 4.71. The summed E-state index contributed by atoms with van der Waals surface area (Å²) in [5.74, 6) is 0.543. The summed E-state index contributed by atoms with van der Waals surface area (Å²) >= 11 is 0. The number of anilines is 4. The second-order valence-corrected chi connectivity index (χ2v) is 9.98. The lowest BCUT2D eigenvalue weighted by molar-refractivity contribution is -0.138. The van der Waals surface area contributed by atoms with Crippen LogP contribution in [0.25, 0.3) is 0 Å². The van der Waals surface area contributed by atoms with Crippen molar-refractivity contribution in [3.63, 3.8) is 0 Å². The molecule has 0 saturated carbocycles. The van der Waals surface area contributed by atoms with Gasteiger partial charge in [-0.15, -0.1) is 0 Å². The summed E-state index contributed by atoms with van der Waals surface area (Å²) < 4.78 is 0. The van der Waals surface area contributed by atoms with E-state index in [0.717, 1.165) is 47.8 Å². The summed E-state index contributed by atoms with van der Waals surface area (Å²) in [4.78, 5) is 25.6. The van der Waals surface area contributed by atoms with E-state index in [1.54, 1.807) is 0 Å². The van der Waals surface area contributed by atoms with Crippen LogP contribution in [0.5, 0.6) is 0 Å². The van der Waals surface area contributed by atoms with Gasteiger partial charge in [0.05, 0.1) is 6.42 Å². The number of hydrogen-bond donors (Lipinski definition) is 2. The Kier molecular flexibility index (Phi) is 5.52. The first kappa shape index (κ1) is 22.3. The molecular formula is C27H31N5O2. The topological polar surface area (TPSA) is 81.6 Å². The maximum Gasteiger partial charge on any atom is 0.304 e. The fraction of sp³-hybridized carbons (Fsp3) is 0.370. The minimum atomic E-state index is -0.797. The monoisotopic (exact) mass is 457 g/mol. The third-order valence-electron chi connectivity index (χ3n) is 7.09. The predicted molar refractivity (Wildman–Crippen MR) is 134 cm³/mol. The number of hydrogen-bond acceptors (Lipinski definition) is 6. The maximum atomic E-state index is 11.6. The van der Waals surface area contributed by atoms with E-state index in [1.165, 1.54) is 16.7 Å². The molecule has 176 valence electrons. The molecule has 0 aliphatic carbocycles. The summed E-state index contributed by atoms with van der Waals surface area (Å²) in [7, 11) is 2.15. The Bertz CT molecular complexity index is 1270. The first-order valence-electron chi connectivity index (χ1n) is 11.7. The number of fused-ring (bicyclic) bond motifs is 2. The number of carboxylic acid groups (broad SMARTS) is 1. The van der Waals surface area contributed by atoms with Gasteiger partial charge in [0.15, 0.2) is 0 Å². The quantitative estimate of drug-likeness (QED) is 0.574. The number of nitrogens with zero attached hydrogens (tertiary/aromatic N) is 4. The lowest BCUT2D eigenvalue weighted by Gasteiger charge is -2.27. The van der Waals surface area contributed by atoms with Crippen LogP contribution in [0.4, 0.5) is 23.1 Å². The van der Waals surface area contributed by atoms with E-state index >= 15 is 0 Å². The van der Waals surface area contributed by atoms with Gasteiger partial charge in [-0.05, 0) is 61.7 Å². The highest BCUT2D eigenvalue weighted by Gasteiger charge is 2.41. The van der Waals surface area contributed by atoms with Crippen LogP contribution in [0.15, 0.2) is 42.6 Å². The van der Waals surface area contributed by atoms with Crippen molar-refractivity contribution in [3.8, 4) is 0 Å². The first-order chi connectivity index (χ1) is 16.2. The largest absolute Gasteiger partial charge is 0.481 e. The molecule has 2 N–H and O–H groups in total. The van der Waals surface area contributed by atoms with Crippen LogP contribution in [0.3, 0.4) is 0 Å². The lowest BCUT2D eigenvalue weighted by atomic mass is 9.81. The summed E-state index contributed by atoms with van der Waals surface area (Å²) in [6.07, 6.45) is 2.97. The van der Waals surface area contributed by atoms with Gasteiger partial charge in [0.1, 0.15) is 5.82 Å². The van der Waals surface area contributed by atoms with Gasteiger partial charge in [-0.1, -0.05) is 31.2 Å². The zero-order valence-corrected chi connectivity index (χ0v) is 20.2. The minimum absolute atomic E-state index is 0.0680. The van der Waals surface area contributed by atoms with Gasteiger partial charge >= 0.3 is 5.97 Å². The Morgan fingerprint density at radius 2 is 1.97 bits per heavy atom. The van der Waals surface area contributed by atoms with Crippen molar-refractivity contribution in [1.29, 1.82) is 0 Å². The molecule has 7 heteroatoms. The molecule has 2 aliphatic heterocycles. The average Bonchev–Trinajstić information content (AvgIpc) is 3.07. The fourth-order valence-electron chi connectivity index (χ4n) is 5.31. The average molecular weight is 458 g/mol. The molecule has 34 heavy (non-hydrogen) atoms. The number of benzene rings is 2. The van der Waals surface area contributed by atoms with Gasteiger partial charge in [0.2, 0.25) is 5.95 Å².